The van der Waals surface area contributed by atoms with E-state index < -0.39 is 17.7 Å². The van der Waals surface area contributed by atoms with Crippen molar-refractivity contribution in [3.8, 4) is 11.5 Å². The summed E-state index contributed by atoms with van der Waals surface area (Å²) in [7, 11) is 0. The summed E-state index contributed by atoms with van der Waals surface area (Å²) in [5.41, 5.74) is 0.825. The summed E-state index contributed by atoms with van der Waals surface area (Å²) in [6.45, 7) is 4.01. The summed E-state index contributed by atoms with van der Waals surface area (Å²) in [4.78, 5) is 0. The van der Waals surface area contributed by atoms with Gasteiger partial charge in [-0.25, -0.2) is 4.39 Å². The molecule has 1 saturated carbocycles. The Hall–Kier alpha value is -2.50. The lowest BCUT2D eigenvalue weighted by Gasteiger charge is -2.29. The smallest absolute Gasteiger partial charge is 0.419 e. The number of hydrogen-bond acceptors (Lipinski definition) is 2. The fourth-order valence-corrected chi connectivity index (χ4v) is 4.41. The van der Waals surface area contributed by atoms with Gasteiger partial charge in [0.2, 0.25) is 5.82 Å². The lowest BCUT2D eigenvalue weighted by Crippen LogP contribution is -2.21. The fourth-order valence-electron chi connectivity index (χ4n) is 4.41. The van der Waals surface area contributed by atoms with E-state index in [0.29, 0.717) is 12.0 Å². The normalized spacial score (nSPS) is 19.1. The van der Waals surface area contributed by atoms with Crippen molar-refractivity contribution in [2.75, 3.05) is 6.61 Å². The van der Waals surface area contributed by atoms with E-state index in [0.717, 1.165) is 30.4 Å². The zero-order valence-electron chi connectivity index (χ0n) is 19.3. The Kier molecular flexibility index (Phi) is 8.81. The van der Waals surface area contributed by atoms with Gasteiger partial charge in [-0.05, 0) is 80.3 Å². The van der Waals surface area contributed by atoms with Crippen LogP contribution in [0.25, 0.3) is 6.08 Å². The quantitative estimate of drug-likeness (QED) is 0.328. The topological polar surface area (TPSA) is 18.5 Å². The van der Waals surface area contributed by atoms with E-state index >= 15 is 0 Å². The first-order valence-corrected chi connectivity index (χ1v) is 11.8. The van der Waals surface area contributed by atoms with Gasteiger partial charge in [0.15, 0.2) is 11.6 Å². The van der Waals surface area contributed by atoms with Gasteiger partial charge in [-0.2, -0.15) is 13.2 Å². The van der Waals surface area contributed by atoms with Gasteiger partial charge < -0.3 is 9.47 Å². The van der Waals surface area contributed by atoms with Gasteiger partial charge in [-0.3, -0.25) is 0 Å². The standard InChI is InChI=1S/C27H32F4O2/c1-3-5-6-19-7-9-20(10-8-19)21-11-14-23(15-12-21)33-27(30,31)18-17-22-13-16-24(32-4-2)26(29)25(22)28/h11-20H,3-10H2,1-2H3/b18-17+. The van der Waals surface area contributed by atoms with Crippen LogP contribution >= 0.6 is 0 Å². The Morgan fingerprint density at radius 1 is 0.939 bits per heavy atom. The zero-order valence-corrected chi connectivity index (χ0v) is 19.3. The van der Waals surface area contributed by atoms with Crippen molar-refractivity contribution in [3.05, 3.63) is 65.2 Å². The third-order valence-electron chi connectivity index (χ3n) is 6.25. The highest BCUT2D eigenvalue weighted by atomic mass is 19.3. The minimum Gasteiger partial charge on any atom is -0.491 e. The van der Waals surface area contributed by atoms with Crippen LogP contribution in [0.3, 0.4) is 0 Å². The average molecular weight is 465 g/mol. The maximum absolute atomic E-state index is 14.3. The Labute approximate surface area is 193 Å². The molecule has 33 heavy (non-hydrogen) atoms. The molecular formula is C27H32F4O2. The van der Waals surface area contributed by atoms with Gasteiger partial charge in [0.25, 0.3) is 0 Å². The largest absolute Gasteiger partial charge is 0.491 e. The van der Waals surface area contributed by atoms with Gasteiger partial charge in [0, 0.05) is 11.6 Å². The molecule has 1 aliphatic rings. The lowest BCUT2D eigenvalue weighted by atomic mass is 9.77. The van der Waals surface area contributed by atoms with E-state index in [9.17, 15) is 17.6 Å². The Morgan fingerprint density at radius 2 is 1.64 bits per heavy atom. The van der Waals surface area contributed by atoms with Crippen molar-refractivity contribution >= 4 is 6.08 Å². The number of ether oxygens (including phenoxy) is 2. The second-order valence-electron chi connectivity index (χ2n) is 8.64. The molecule has 0 radical (unpaired) electrons. The van der Waals surface area contributed by atoms with E-state index in [1.54, 1.807) is 6.92 Å². The molecule has 2 nitrogen and oxygen atoms in total. The third-order valence-corrected chi connectivity index (χ3v) is 6.25. The van der Waals surface area contributed by atoms with Crippen LogP contribution in [0.4, 0.5) is 17.6 Å². The molecule has 0 aromatic heterocycles. The highest BCUT2D eigenvalue weighted by Crippen LogP contribution is 2.38. The predicted octanol–water partition coefficient (Wildman–Crippen LogP) is 8.51. The number of unbranched alkanes of at least 4 members (excludes halogenated alkanes) is 1. The highest BCUT2D eigenvalue weighted by molar-refractivity contribution is 5.53. The first-order valence-electron chi connectivity index (χ1n) is 11.8. The number of hydrogen-bond donors (Lipinski definition) is 0. The number of benzene rings is 2. The molecule has 180 valence electrons. The fraction of sp³-hybridized carbons (Fsp3) is 0.481. The molecule has 0 atom stereocenters. The van der Waals surface area contributed by atoms with Crippen molar-refractivity contribution in [2.45, 2.75) is 70.8 Å². The minimum atomic E-state index is -3.68. The van der Waals surface area contributed by atoms with Crippen LogP contribution < -0.4 is 9.47 Å². The molecule has 0 spiro atoms. The van der Waals surface area contributed by atoms with Gasteiger partial charge in [-0.1, -0.05) is 38.3 Å². The highest BCUT2D eigenvalue weighted by Gasteiger charge is 2.28. The molecule has 2 aromatic rings. The van der Waals surface area contributed by atoms with E-state index in [-0.39, 0.29) is 23.7 Å². The Morgan fingerprint density at radius 3 is 2.27 bits per heavy atom. The maximum atomic E-state index is 14.3. The predicted molar refractivity (Wildman–Crippen MR) is 123 cm³/mol. The Bertz CT molecular complexity index is 916. The summed E-state index contributed by atoms with van der Waals surface area (Å²) in [6, 6.07) is 9.15. The van der Waals surface area contributed by atoms with Crippen molar-refractivity contribution in [2.24, 2.45) is 5.92 Å². The average Bonchev–Trinajstić information content (AvgIpc) is 2.81. The molecule has 1 aliphatic carbocycles. The SMILES string of the molecule is CCCCC1CCC(c2ccc(OC(F)(F)/C=C/c3ccc(OCC)c(F)c3F)cc2)CC1. The van der Waals surface area contributed by atoms with Crippen LogP contribution in [0.15, 0.2) is 42.5 Å². The monoisotopic (exact) mass is 464 g/mol. The van der Waals surface area contributed by atoms with Crippen molar-refractivity contribution in [1.82, 2.24) is 0 Å². The van der Waals surface area contributed by atoms with Crippen LogP contribution in [0.2, 0.25) is 0 Å². The van der Waals surface area contributed by atoms with Crippen LogP contribution in [0.1, 0.15) is 75.8 Å². The summed E-state index contributed by atoms with van der Waals surface area (Å²) >= 11 is 0. The van der Waals surface area contributed by atoms with Crippen molar-refractivity contribution in [1.29, 1.82) is 0 Å². The van der Waals surface area contributed by atoms with Crippen molar-refractivity contribution < 1.29 is 27.0 Å². The summed E-state index contributed by atoms with van der Waals surface area (Å²) in [5, 5.41) is 0. The van der Waals surface area contributed by atoms with E-state index in [4.69, 9.17) is 9.47 Å². The second kappa shape index (κ2) is 11.6. The molecule has 1 fully saturated rings. The molecule has 0 N–H and O–H groups in total. The Balaban J connectivity index is 1.58. The van der Waals surface area contributed by atoms with Gasteiger partial charge in [0.1, 0.15) is 5.75 Å². The summed E-state index contributed by atoms with van der Waals surface area (Å²) in [6.07, 6.45) is 6.03. The molecule has 2 aromatic carbocycles. The summed E-state index contributed by atoms with van der Waals surface area (Å²) < 4.78 is 66.3. The van der Waals surface area contributed by atoms with E-state index in [2.05, 4.69) is 6.92 Å². The lowest BCUT2D eigenvalue weighted by molar-refractivity contribution is -0.130. The minimum absolute atomic E-state index is 0.0170. The second-order valence-corrected chi connectivity index (χ2v) is 8.64. The van der Waals surface area contributed by atoms with Gasteiger partial charge in [-0.15, -0.1) is 0 Å². The molecule has 0 amide bonds. The number of rotatable bonds is 10. The van der Waals surface area contributed by atoms with Crippen LogP contribution in [-0.2, 0) is 0 Å². The van der Waals surface area contributed by atoms with Gasteiger partial charge >= 0.3 is 6.11 Å². The molecule has 0 aliphatic heterocycles. The first kappa shape index (κ1) is 25.1. The molecule has 0 bridgehead atoms. The first-order chi connectivity index (χ1) is 15.8. The van der Waals surface area contributed by atoms with E-state index in [1.165, 1.54) is 56.4 Å². The van der Waals surface area contributed by atoms with E-state index in [1.807, 2.05) is 12.1 Å². The van der Waals surface area contributed by atoms with Crippen LogP contribution in [0.5, 0.6) is 11.5 Å². The number of alkyl halides is 2. The number of halogens is 4. The van der Waals surface area contributed by atoms with Crippen LogP contribution in [-0.4, -0.2) is 12.7 Å². The summed E-state index contributed by atoms with van der Waals surface area (Å²) in [5.74, 6) is -1.44. The van der Waals surface area contributed by atoms with Crippen LogP contribution in [0, 0.1) is 17.6 Å². The molecule has 3 rings (SSSR count). The maximum Gasteiger partial charge on any atom is 0.419 e. The third kappa shape index (κ3) is 6.99. The van der Waals surface area contributed by atoms with Crippen molar-refractivity contribution in [3.63, 3.8) is 0 Å². The zero-order chi connectivity index (χ0) is 23.8. The molecule has 6 heteroatoms. The van der Waals surface area contributed by atoms with Gasteiger partial charge in [0.05, 0.1) is 6.61 Å². The molecule has 0 unspecified atom stereocenters. The molecule has 0 saturated heterocycles. The molecular weight excluding hydrogens is 432 g/mol. The molecule has 0 heterocycles.